The molecule has 7 heteroatoms. The maximum atomic E-state index is 13.1. The molecule has 0 radical (unpaired) electrons. The number of carbonyl (C=O) groups is 1. The third-order valence-corrected chi connectivity index (χ3v) is 4.75. The number of likely N-dealkylation sites (tertiary alicyclic amines) is 1. The van der Waals surface area contributed by atoms with Crippen LogP contribution in [0.25, 0.3) is 11.2 Å². The molecule has 1 aliphatic rings. The topological polar surface area (TPSA) is 84.0 Å². The Morgan fingerprint density at radius 2 is 2.15 bits per heavy atom. The zero-order valence-corrected chi connectivity index (χ0v) is 14.7. The van der Waals surface area contributed by atoms with Gasteiger partial charge in [0.15, 0.2) is 5.65 Å². The van der Waals surface area contributed by atoms with E-state index in [2.05, 4.69) is 20.2 Å². The van der Waals surface area contributed by atoms with Gasteiger partial charge in [0.25, 0.3) is 5.91 Å². The van der Waals surface area contributed by atoms with Crippen LogP contribution in [0.15, 0.2) is 36.7 Å². The minimum Gasteiger partial charge on any atom is -0.493 e. The molecule has 1 amide bonds. The second-order valence-electron chi connectivity index (χ2n) is 6.39. The van der Waals surface area contributed by atoms with E-state index in [4.69, 9.17) is 4.74 Å². The van der Waals surface area contributed by atoms with Crippen LogP contribution < -0.4 is 4.74 Å². The van der Waals surface area contributed by atoms with Crippen molar-refractivity contribution >= 4 is 17.1 Å². The number of aromatic nitrogens is 4. The molecule has 7 nitrogen and oxygen atoms in total. The summed E-state index contributed by atoms with van der Waals surface area (Å²) < 4.78 is 5.62. The number of aromatic amines is 1. The molecule has 1 fully saturated rings. The molecule has 0 spiro atoms. The van der Waals surface area contributed by atoms with Gasteiger partial charge in [-0.25, -0.2) is 9.97 Å². The lowest BCUT2D eigenvalue weighted by molar-refractivity contribution is 0.0702. The van der Waals surface area contributed by atoms with Gasteiger partial charge in [-0.05, 0) is 31.9 Å². The Hall–Kier alpha value is -2.96. The number of benzene rings is 1. The first-order valence-corrected chi connectivity index (χ1v) is 8.94. The number of amides is 1. The van der Waals surface area contributed by atoms with E-state index in [0.29, 0.717) is 30.1 Å². The summed E-state index contributed by atoms with van der Waals surface area (Å²) in [5.41, 5.74) is 2.99. The van der Waals surface area contributed by atoms with Gasteiger partial charge in [0, 0.05) is 31.4 Å². The lowest BCUT2D eigenvalue weighted by Gasteiger charge is -2.32. The lowest BCUT2D eigenvalue weighted by Crippen LogP contribution is -2.39. The van der Waals surface area contributed by atoms with Crippen molar-refractivity contribution in [1.82, 2.24) is 25.1 Å². The average molecular weight is 351 g/mol. The van der Waals surface area contributed by atoms with Crippen LogP contribution in [0.3, 0.4) is 0 Å². The van der Waals surface area contributed by atoms with E-state index in [9.17, 15) is 4.79 Å². The molecule has 1 N–H and O–H groups in total. The van der Waals surface area contributed by atoms with Crippen LogP contribution in [0, 0.1) is 0 Å². The van der Waals surface area contributed by atoms with Gasteiger partial charge in [-0.3, -0.25) is 9.89 Å². The van der Waals surface area contributed by atoms with Crippen LogP contribution in [0.5, 0.6) is 5.75 Å². The number of piperidine rings is 1. The highest BCUT2D eigenvalue weighted by atomic mass is 16.5. The summed E-state index contributed by atoms with van der Waals surface area (Å²) in [6, 6.07) is 7.43. The molecule has 0 saturated carbocycles. The number of nitrogens with zero attached hydrogens (tertiary/aromatic N) is 4. The maximum Gasteiger partial charge on any atom is 0.257 e. The lowest BCUT2D eigenvalue weighted by atomic mass is 9.93. The number of para-hydroxylation sites is 1. The van der Waals surface area contributed by atoms with Crippen molar-refractivity contribution in [2.24, 2.45) is 0 Å². The molecule has 4 rings (SSSR count). The summed E-state index contributed by atoms with van der Waals surface area (Å²) in [6.07, 6.45) is 5.23. The van der Waals surface area contributed by atoms with Crippen molar-refractivity contribution in [3.8, 4) is 5.75 Å². The van der Waals surface area contributed by atoms with Gasteiger partial charge in [-0.2, -0.15) is 5.10 Å². The molecular formula is C19H21N5O2. The molecule has 1 saturated heterocycles. The molecule has 134 valence electrons. The van der Waals surface area contributed by atoms with E-state index in [1.165, 1.54) is 0 Å². The molecule has 3 heterocycles. The van der Waals surface area contributed by atoms with Crippen molar-refractivity contribution < 1.29 is 9.53 Å². The van der Waals surface area contributed by atoms with Gasteiger partial charge in [-0.1, -0.05) is 12.1 Å². The van der Waals surface area contributed by atoms with Crippen molar-refractivity contribution in [3.63, 3.8) is 0 Å². The Kier molecular flexibility index (Phi) is 4.51. The molecule has 1 aliphatic heterocycles. The van der Waals surface area contributed by atoms with E-state index in [1.807, 2.05) is 36.1 Å². The van der Waals surface area contributed by atoms with Gasteiger partial charge in [-0.15, -0.1) is 0 Å². The number of rotatable bonds is 4. The van der Waals surface area contributed by atoms with Crippen LogP contribution in [0.4, 0.5) is 0 Å². The molecule has 0 unspecified atom stereocenters. The molecule has 1 atom stereocenters. The molecule has 1 aromatic carbocycles. The molecule has 2 aromatic heterocycles. The minimum absolute atomic E-state index is 0.00801. The van der Waals surface area contributed by atoms with Crippen LogP contribution >= 0.6 is 0 Å². The number of hydrogen-bond acceptors (Lipinski definition) is 5. The summed E-state index contributed by atoms with van der Waals surface area (Å²) in [6.45, 7) is 3.83. The van der Waals surface area contributed by atoms with Crippen LogP contribution in [-0.4, -0.2) is 50.7 Å². The molecular weight excluding hydrogens is 330 g/mol. The Morgan fingerprint density at radius 3 is 3.04 bits per heavy atom. The largest absolute Gasteiger partial charge is 0.493 e. The van der Waals surface area contributed by atoms with E-state index in [1.54, 1.807) is 12.4 Å². The second kappa shape index (κ2) is 7.11. The Labute approximate surface area is 151 Å². The molecule has 0 bridgehead atoms. The predicted molar refractivity (Wildman–Crippen MR) is 97.2 cm³/mol. The number of fused-ring (bicyclic) bond motifs is 1. The van der Waals surface area contributed by atoms with Crippen molar-refractivity contribution in [2.45, 2.75) is 25.7 Å². The smallest absolute Gasteiger partial charge is 0.257 e. The van der Waals surface area contributed by atoms with Gasteiger partial charge in [0.05, 0.1) is 17.9 Å². The summed E-state index contributed by atoms with van der Waals surface area (Å²) in [5.74, 6) is 0.822. The average Bonchev–Trinajstić information content (AvgIpc) is 3.12. The van der Waals surface area contributed by atoms with E-state index < -0.39 is 0 Å². The van der Waals surface area contributed by atoms with Crippen LogP contribution in [0.2, 0.25) is 0 Å². The number of nitrogens with one attached hydrogen (secondary N) is 1. The van der Waals surface area contributed by atoms with Gasteiger partial charge in [0.2, 0.25) is 0 Å². The van der Waals surface area contributed by atoms with Crippen molar-refractivity contribution in [1.29, 1.82) is 0 Å². The predicted octanol–water partition coefficient (Wildman–Crippen LogP) is 2.77. The van der Waals surface area contributed by atoms with Crippen molar-refractivity contribution in [3.05, 3.63) is 47.9 Å². The van der Waals surface area contributed by atoms with Gasteiger partial charge >= 0.3 is 0 Å². The first kappa shape index (κ1) is 16.5. The second-order valence-corrected chi connectivity index (χ2v) is 6.39. The number of carbonyl (C=O) groups excluding carboxylic acids is 1. The highest BCUT2D eigenvalue weighted by molar-refractivity contribution is 5.97. The van der Waals surface area contributed by atoms with Gasteiger partial charge in [0.1, 0.15) is 11.3 Å². The summed E-state index contributed by atoms with van der Waals surface area (Å²) in [7, 11) is 0. The third-order valence-electron chi connectivity index (χ3n) is 4.75. The summed E-state index contributed by atoms with van der Waals surface area (Å²) in [5, 5.41) is 7.32. The molecule has 3 aromatic rings. The maximum absolute atomic E-state index is 13.1. The number of ether oxygens (including phenoxy) is 1. The van der Waals surface area contributed by atoms with E-state index in [-0.39, 0.29) is 11.8 Å². The standard InChI is InChI=1S/C19H21N5O2/c1-2-26-15-8-4-3-7-14(15)19(25)24-11-5-6-13(12-24)16-17-18(23-22-16)21-10-9-20-17/h3-4,7-10,13H,2,5-6,11-12H2,1H3,(H,21,22,23)/t13-/m0/s1. The Bertz CT molecular complexity index is 923. The fourth-order valence-electron chi connectivity index (χ4n) is 3.55. The monoisotopic (exact) mass is 351 g/mol. The normalized spacial score (nSPS) is 17.4. The highest BCUT2D eigenvalue weighted by Crippen LogP contribution is 2.30. The Balaban J connectivity index is 1.58. The third kappa shape index (κ3) is 3.00. The fourth-order valence-corrected chi connectivity index (χ4v) is 3.55. The Morgan fingerprint density at radius 1 is 1.31 bits per heavy atom. The van der Waals surface area contributed by atoms with Crippen molar-refractivity contribution in [2.75, 3.05) is 19.7 Å². The minimum atomic E-state index is 0.00801. The first-order valence-electron chi connectivity index (χ1n) is 8.94. The van der Waals surface area contributed by atoms with E-state index >= 15 is 0 Å². The zero-order chi connectivity index (χ0) is 17.9. The molecule has 0 aliphatic carbocycles. The van der Waals surface area contributed by atoms with Crippen LogP contribution in [-0.2, 0) is 0 Å². The van der Waals surface area contributed by atoms with Crippen LogP contribution in [0.1, 0.15) is 41.7 Å². The van der Waals surface area contributed by atoms with Gasteiger partial charge < -0.3 is 9.64 Å². The quantitative estimate of drug-likeness (QED) is 0.781. The highest BCUT2D eigenvalue weighted by Gasteiger charge is 2.29. The summed E-state index contributed by atoms with van der Waals surface area (Å²) >= 11 is 0. The number of H-pyrrole nitrogens is 1. The zero-order valence-electron chi connectivity index (χ0n) is 14.7. The summed E-state index contributed by atoms with van der Waals surface area (Å²) in [4.78, 5) is 23.6. The molecule has 26 heavy (non-hydrogen) atoms. The van der Waals surface area contributed by atoms with E-state index in [0.717, 1.165) is 30.6 Å². The SMILES string of the molecule is CCOc1ccccc1C(=O)N1CCC[C@H](c2[nH]nc3nccnc23)C1. The number of hydrogen-bond donors (Lipinski definition) is 1. The first-order chi connectivity index (χ1) is 12.8. The fraction of sp³-hybridized carbons (Fsp3) is 0.368.